The first-order valence-corrected chi connectivity index (χ1v) is 10.9. The molecule has 1 amide bonds. The molecule has 27 heavy (non-hydrogen) atoms. The fourth-order valence-electron chi connectivity index (χ4n) is 4.19. The van der Waals surface area contributed by atoms with Gasteiger partial charge in [0.25, 0.3) is 0 Å². The number of likely N-dealkylation sites (tertiary alicyclic amines) is 1. The summed E-state index contributed by atoms with van der Waals surface area (Å²) >= 11 is 0. The minimum Gasteiger partial charge on any atom is -0.330 e. The molecule has 3 aliphatic rings. The van der Waals surface area contributed by atoms with Crippen LogP contribution in [0.25, 0.3) is 0 Å². The maximum absolute atomic E-state index is 12.9. The number of nitrogens with zero attached hydrogens (tertiary/aromatic N) is 3. The lowest BCUT2D eigenvalue weighted by molar-refractivity contribution is -0.137. The molecule has 3 heterocycles. The third kappa shape index (κ3) is 3.63. The molecular weight excluding hydrogens is 368 g/mol. The van der Waals surface area contributed by atoms with E-state index in [9.17, 15) is 18.0 Å². The second-order valence-corrected chi connectivity index (χ2v) is 9.67. The zero-order valence-electron chi connectivity index (χ0n) is 15.0. The highest BCUT2D eigenvalue weighted by atomic mass is 32.2. The summed E-state index contributed by atoms with van der Waals surface area (Å²) in [6, 6.07) is 1.58. The molecule has 146 valence electrons. The maximum Gasteiger partial charge on any atom is 0.240 e. The Hall–Kier alpha value is -1.84. The van der Waals surface area contributed by atoms with Crippen LogP contribution in [-0.2, 0) is 25.4 Å². The average molecular weight is 392 g/mol. The normalized spacial score (nSPS) is 27.0. The second-order valence-electron chi connectivity index (χ2n) is 7.75. The quantitative estimate of drug-likeness (QED) is 0.723. The highest BCUT2D eigenvalue weighted by molar-refractivity contribution is 7.88. The molecule has 2 aliphatic heterocycles. The number of rotatable bonds is 6. The lowest BCUT2D eigenvalue weighted by atomic mass is 10.1. The van der Waals surface area contributed by atoms with Gasteiger partial charge in [0.15, 0.2) is 5.78 Å². The molecule has 1 aromatic rings. The van der Waals surface area contributed by atoms with Crippen LogP contribution < -0.4 is 5.73 Å². The number of hydrogen-bond donors (Lipinski definition) is 1. The zero-order chi connectivity index (χ0) is 19.2. The van der Waals surface area contributed by atoms with Crippen molar-refractivity contribution in [2.45, 2.75) is 49.6 Å². The van der Waals surface area contributed by atoms with Gasteiger partial charge in [-0.15, -0.1) is 0 Å². The van der Waals surface area contributed by atoms with Crippen molar-refractivity contribution < 1.29 is 18.0 Å². The van der Waals surface area contributed by atoms with E-state index >= 15 is 0 Å². The van der Waals surface area contributed by atoms with Gasteiger partial charge in [-0.2, -0.15) is 4.31 Å². The van der Waals surface area contributed by atoms with Crippen LogP contribution in [0.1, 0.15) is 31.2 Å². The van der Waals surface area contributed by atoms with E-state index in [1.54, 1.807) is 18.3 Å². The smallest absolute Gasteiger partial charge is 0.240 e. The van der Waals surface area contributed by atoms with Gasteiger partial charge in [-0.3, -0.25) is 14.6 Å². The maximum atomic E-state index is 12.9. The number of fused-ring (bicyclic) bond motifs is 1. The summed E-state index contributed by atoms with van der Waals surface area (Å²) in [4.78, 5) is 30.8. The molecule has 2 N–H and O–H groups in total. The Balaban J connectivity index is 1.49. The monoisotopic (exact) mass is 392 g/mol. The Morgan fingerprint density at radius 1 is 1.33 bits per heavy atom. The fraction of sp³-hybridized carbons (Fsp3) is 0.611. The zero-order valence-corrected chi connectivity index (χ0v) is 15.8. The number of Topliss-reactive ketones (excluding diaryl/α,β-unsaturated/α-hetero) is 1. The van der Waals surface area contributed by atoms with Crippen LogP contribution in [0.2, 0.25) is 0 Å². The van der Waals surface area contributed by atoms with Crippen LogP contribution >= 0.6 is 0 Å². The van der Waals surface area contributed by atoms with E-state index in [0.29, 0.717) is 30.9 Å². The Bertz CT molecular complexity index is 840. The molecule has 1 aromatic heterocycles. The van der Waals surface area contributed by atoms with Gasteiger partial charge in [-0.05, 0) is 30.4 Å². The predicted octanol–water partition coefficient (Wildman–Crippen LogP) is -0.107. The third-order valence-electron chi connectivity index (χ3n) is 5.69. The Kier molecular flexibility index (Phi) is 4.77. The number of nitrogens with two attached hydrogens (primary N) is 1. The predicted molar refractivity (Wildman–Crippen MR) is 97.8 cm³/mol. The summed E-state index contributed by atoms with van der Waals surface area (Å²) in [6.07, 6.45) is 6.40. The molecule has 1 aliphatic carbocycles. The van der Waals surface area contributed by atoms with Crippen LogP contribution in [0.15, 0.2) is 24.5 Å². The summed E-state index contributed by atoms with van der Waals surface area (Å²) in [5.74, 6) is -0.140. The minimum atomic E-state index is -3.68. The van der Waals surface area contributed by atoms with Crippen molar-refractivity contribution in [3.63, 3.8) is 0 Å². The van der Waals surface area contributed by atoms with Gasteiger partial charge in [0.2, 0.25) is 15.9 Å². The van der Waals surface area contributed by atoms with E-state index < -0.39 is 28.1 Å². The number of aromatic nitrogens is 1. The van der Waals surface area contributed by atoms with E-state index in [0.717, 1.165) is 12.8 Å². The van der Waals surface area contributed by atoms with Gasteiger partial charge in [0.05, 0.1) is 24.4 Å². The number of hydrogen-bond acceptors (Lipinski definition) is 6. The minimum absolute atomic E-state index is 0.181. The molecular formula is C18H24N4O4S. The molecule has 0 bridgehead atoms. The number of carbonyl (C=O) groups is 2. The van der Waals surface area contributed by atoms with Crippen molar-refractivity contribution in [1.82, 2.24) is 14.2 Å². The summed E-state index contributed by atoms with van der Waals surface area (Å²) in [5, 5.41) is 0. The fourth-order valence-corrected chi connectivity index (χ4v) is 5.90. The largest absolute Gasteiger partial charge is 0.330 e. The van der Waals surface area contributed by atoms with Crippen LogP contribution in [0.4, 0.5) is 0 Å². The third-order valence-corrected chi connectivity index (χ3v) is 7.50. The molecule has 0 aromatic carbocycles. The number of carbonyl (C=O) groups excluding carboxylic acids is 2. The molecule has 0 spiro atoms. The molecule has 4 rings (SSSR count). The average Bonchev–Trinajstić information content (AvgIpc) is 3.23. The first kappa shape index (κ1) is 18.5. The topological polar surface area (TPSA) is 114 Å². The lowest BCUT2D eigenvalue weighted by Crippen LogP contribution is -2.50. The van der Waals surface area contributed by atoms with Gasteiger partial charge >= 0.3 is 0 Å². The van der Waals surface area contributed by atoms with E-state index in [-0.39, 0.29) is 24.0 Å². The van der Waals surface area contributed by atoms with Crippen LogP contribution in [-0.4, -0.2) is 65.5 Å². The van der Waals surface area contributed by atoms with Gasteiger partial charge in [-0.25, -0.2) is 8.42 Å². The number of pyridine rings is 1. The van der Waals surface area contributed by atoms with Gasteiger partial charge in [0.1, 0.15) is 6.04 Å². The van der Waals surface area contributed by atoms with Crippen molar-refractivity contribution in [2.75, 3.05) is 13.1 Å². The second kappa shape index (κ2) is 6.96. The molecule has 9 heteroatoms. The lowest BCUT2D eigenvalue weighted by Gasteiger charge is -2.26. The van der Waals surface area contributed by atoms with Gasteiger partial charge in [0, 0.05) is 18.9 Å². The van der Waals surface area contributed by atoms with Gasteiger partial charge in [-0.1, -0.05) is 18.9 Å². The standard InChI is InChI=1S/C18H24N4O4S/c19-14(8-12-3-4-12)18(24)21-7-5-15-17(21)16(23)10-22(15)27(25,26)11-13-2-1-6-20-9-13/h1-2,6,9,12,14-15,17H,3-5,7-8,10-11,19H2. The molecule has 3 unspecified atom stereocenters. The van der Waals surface area contributed by atoms with Crippen LogP contribution in [0.5, 0.6) is 0 Å². The molecule has 2 saturated heterocycles. The summed E-state index contributed by atoms with van der Waals surface area (Å²) in [6.45, 7) is 0.191. The van der Waals surface area contributed by atoms with E-state index in [2.05, 4.69) is 4.98 Å². The van der Waals surface area contributed by atoms with Crippen molar-refractivity contribution in [3.8, 4) is 0 Å². The molecule has 8 nitrogen and oxygen atoms in total. The van der Waals surface area contributed by atoms with Crippen LogP contribution in [0.3, 0.4) is 0 Å². The van der Waals surface area contributed by atoms with E-state index in [4.69, 9.17) is 5.73 Å². The van der Waals surface area contributed by atoms with Crippen molar-refractivity contribution >= 4 is 21.7 Å². The van der Waals surface area contributed by atoms with Crippen LogP contribution in [0, 0.1) is 5.92 Å². The number of ketones is 1. The molecule has 3 atom stereocenters. The number of amides is 1. The first-order valence-electron chi connectivity index (χ1n) is 9.34. The van der Waals surface area contributed by atoms with E-state index in [1.807, 2.05) is 0 Å². The Morgan fingerprint density at radius 3 is 2.78 bits per heavy atom. The Morgan fingerprint density at radius 2 is 2.11 bits per heavy atom. The van der Waals surface area contributed by atoms with Crippen molar-refractivity contribution in [2.24, 2.45) is 11.7 Å². The Labute approximate surface area is 158 Å². The molecule has 0 radical (unpaired) electrons. The molecule has 3 fully saturated rings. The summed E-state index contributed by atoms with van der Waals surface area (Å²) in [7, 11) is -3.68. The van der Waals surface area contributed by atoms with Crippen molar-refractivity contribution in [3.05, 3.63) is 30.1 Å². The summed E-state index contributed by atoms with van der Waals surface area (Å²) < 4.78 is 27.0. The highest BCUT2D eigenvalue weighted by Crippen LogP contribution is 2.36. The molecule has 1 saturated carbocycles. The highest BCUT2D eigenvalue weighted by Gasteiger charge is 2.53. The van der Waals surface area contributed by atoms with Gasteiger partial charge < -0.3 is 10.6 Å². The first-order chi connectivity index (χ1) is 12.9. The van der Waals surface area contributed by atoms with Crippen molar-refractivity contribution in [1.29, 1.82) is 0 Å². The summed E-state index contributed by atoms with van der Waals surface area (Å²) in [5.41, 5.74) is 6.62. The number of sulfonamides is 1. The SMILES string of the molecule is NC(CC1CC1)C(=O)N1CCC2C1C(=O)CN2S(=O)(=O)Cc1cccnc1. The van der Waals surface area contributed by atoms with E-state index in [1.165, 1.54) is 15.4 Å².